The summed E-state index contributed by atoms with van der Waals surface area (Å²) in [7, 11) is 0. The van der Waals surface area contributed by atoms with Gasteiger partial charge in [-0.25, -0.2) is 0 Å². The van der Waals surface area contributed by atoms with Gasteiger partial charge in [0.2, 0.25) is 0 Å². The second kappa shape index (κ2) is 8.19. The number of hydrogen-bond acceptors (Lipinski definition) is 4. The van der Waals surface area contributed by atoms with Gasteiger partial charge in [-0.15, -0.1) is 0 Å². The van der Waals surface area contributed by atoms with Gasteiger partial charge >= 0.3 is 246 Å². The molecule has 7 nitrogen and oxygen atoms in total. The van der Waals surface area contributed by atoms with E-state index in [1.807, 2.05) is 37.2 Å². The fourth-order valence-corrected chi connectivity index (χ4v) is 14.5. The molecule has 6 aromatic rings. The van der Waals surface area contributed by atoms with Crippen LogP contribution in [0.4, 0.5) is 0 Å². The number of aromatic nitrogens is 6. The third-order valence-electron chi connectivity index (χ3n) is 8.79. The molecule has 0 aromatic carbocycles. The summed E-state index contributed by atoms with van der Waals surface area (Å²) in [6, 6.07) is 26.5. The summed E-state index contributed by atoms with van der Waals surface area (Å²) in [5, 5.41) is 5.05. The van der Waals surface area contributed by atoms with Crippen LogP contribution in [-0.4, -0.2) is 47.4 Å². The predicted octanol–water partition coefficient (Wildman–Crippen LogP) is 3.35. The minimum atomic E-state index is -2.82. The van der Waals surface area contributed by atoms with Crippen molar-refractivity contribution in [1.29, 1.82) is 0 Å². The van der Waals surface area contributed by atoms with Gasteiger partial charge in [0, 0.05) is 0 Å². The molecule has 0 saturated carbocycles. The molecule has 0 N–H and O–H groups in total. The molecule has 0 unspecified atom stereocenters. The van der Waals surface area contributed by atoms with Crippen LogP contribution >= 0.6 is 0 Å². The fourth-order valence-electron chi connectivity index (χ4n) is 7.15. The zero-order chi connectivity index (χ0) is 27.4. The molecule has 0 atom stereocenters. The molecule has 4 aliphatic heterocycles. The first-order chi connectivity index (χ1) is 20.9. The van der Waals surface area contributed by atoms with Crippen LogP contribution in [0.3, 0.4) is 0 Å². The number of fused-ring (bicyclic) bond motifs is 1. The van der Waals surface area contributed by atoms with E-state index in [2.05, 4.69) is 110 Å². The summed E-state index contributed by atoms with van der Waals surface area (Å²) < 4.78 is 8.02. The second-order valence-electron chi connectivity index (χ2n) is 10.8. The summed E-state index contributed by atoms with van der Waals surface area (Å²) >= 11 is -2.82. The summed E-state index contributed by atoms with van der Waals surface area (Å²) in [4.78, 5) is 18.3. The SMILES string of the molecule is C1=CC2=C(c3ccncc3)c3ccc4[n]3[Ga]3[n]5c(ccc5=c5ccc([n]53)=C4c3ccncc3)=C(c3ccncc3)C1=N2. The molecule has 2 bridgehead atoms. The van der Waals surface area contributed by atoms with Crippen LogP contribution in [-0.2, 0) is 0 Å². The van der Waals surface area contributed by atoms with E-state index in [1.165, 1.54) is 43.9 Å². The zero-order valence-corrected chi connectivity index (χ0v) is 24.7. The average molecular weight is 596 g/mol. The summed E-state index contributed by atoms with van der Waals surface area (Å²) in [5.74, 6) is 0. The van der Waals surface area contributed by atoms with Crippen LogP contribution in [0.2, 0.25) is 0 Å². The zero-order valence-electron chi connectivity index (χ0n) is 22.3. The number of hydrogen-bond donors (Lipinski definition) is 0. The first kappa shape index (κ1) is 22.5. The summed E-state index contributed by atoms with van der Waals surface area (Å²) in [6.07, 6.45) is 15.6. The molecule has 42 heavy (non-hydrogen) atoms. The number of rotatable bonds is 3. The van der Waals surface area contributed by atoms with Gasteiger partial charge in [-0.3, -0.25) is 0 Å². The van der Waals surface area contributed by atoms with Gasteiger partial charge in [0.25, 0.3) is 0 Å². The second-order valence-corrected chi connectivity index (χ2v) is 15.5. The number of allylic oxidation sites excluding steroid dienone is 2. The van der Waals surface area contributed by atoms with Gasteiger partial charge < -0.3 is 0 Å². The minimum absolute atomic E-state index is 0.966. The summed E-state index contributed by atoms with van der Waals surface area (Å²) in [6.45, 7) is 0. The van der Waals surface area contributed by atoms with Crippen LogP contribution in [0.15, 0.2) is 133 Å². The van der Waals surface area contributed by atoms with Crippen molar-refractivity contribution in [3.8, 4) is 0 Å². The molecule has 0 amide bonds. The van der Waals surface area contributed by atoms with Crippen molar-refractivity contribution in [1.82, 2.24) is 24.8 Å². The quantitative estimate of drug-likeness (QED) is 0.294. The van der Waals surface area contributed by atoms with Crippen LogP contribution in [0.5, 0.6) is 0 Å². The van der Waals surface area contributed by atoms with Crippen LogP contribution in [0.25, 0.3) is 16.7 Å². The van der Waals surface area contributed by atoms with E-state index in [4.69, 9.17) is 4.99 Å². The maximum atomic E-state index is 5.34. The van der Waals surface area contributed by atoms with Gasteiger partial charge in [0.05, 0.1) is 0 Å². The van der Waals surface area contributed by atoms with Crippen molar-refractivity contribution in [2.24, 2.45) is 4.99 Å². The third-order valence-corrected chi connectivity index (χ3v) is 15.2. The molecule has 0 fully saturated rings. The van der Waals surface area contributed by atoms with Crippen LogP contribution in [0, 0.1) is 10.7 Å². The van der Waals surface area contributed by atoms with Crippen molar-refractivity contribution < 1.29 is 0 Å². The topological polar surface area (TPSA) is 65.8 Å². The molecule has 0 spiro atoms. The van der Waals surface area contributed by atoms with Crippen molar-refractivity contribution in [2.75, 3.05) is 0 Å². The molecule has 10 rings (SSSR count). The van der Waals surface area contributed by atoms with E-state index < -0.39 is 16.9 Å². The average Bonchev–Trinajstić information content (AvgIpc) is 3.87. The van der Waals surface area contributed by atoms with E-state index in [9.17, 15) is 0 Å². The number of aliphatic imine (C=N–C) groups is 1. The van der Waals surface area contributed by atoms with Gasteiger partial charge in [-0.2, -0.15) is 0 Å². The Bertz CT molecular complexity index is 2440. The number of nitrogens with zero attached hydrogens (tertiary/aromatic N) is 7. The fraction of sp³-hybridized carbons (Fsp3) is 0. The normalized spacial score (nSPS) is 15.4. The molecule has 4 aliphatic rings. The Morgan fingerprint density at radius 1 is 0.429 bits per heavy atom. The van der Waals surface area contributed by atoms with Gasteiger partial charge in [0.1, 0.15) is 0 Å². The Labute approximate surface area is 245 Å². The third kappa shape index (κ3) is 2.82. The Kier molecular flexibility index (Phi) is 4.39. The molecule has 0 aliphatic carbocycles. The molecular weight excluding hydrogens is 576 g/mol. The molecule has 0 saturated heterocycles. The number of pyridine rings is 3. The monoisotopic (exact) mass is 595 g/mol. The van der Waals surface area contributed by atoms with Gasteiger partial charge in [0.15, 0.2) is 0 Å². The first-order valence-corrected chi connectivity index (χ1v) is 17.2. The molecule has 10 heterocycles. The van der Waals surface area contributed by atoms with Crippen LogP contribution < -0.4 is 10.7 Å². The maximum absolute atomic E-state index is 5.34. The van der Waals surface area contributed by atoms with E-state index in [1.54, 1.807) is 0 Å². The van der Waals surface area contributed by atoms with Gasteiger partial charge in [-0.05, 0) is 0 Å². The Hall–Kier alpha value is -5.18. The van der Waals surface area contributed by atoms with E-state index in [-0.39, 0.29) is 0 Å². The Morgan fingerprint density at radius 2 is 0.905 bits per heavy atom. The molecule has 0 radical (unpaired) electrons. The van der Waals surface area contributed by atoms with E-state index in [0.717, 1.165) is 33.7 Å². The standard InChI is InChI=1S/C34H20N7.Ga/c1-3-26-32(21-9-15-35-16-10-21)28-5-7-30(40-28)34(23-13-19-37-20-14-23)31-8-6-29(41-31)33(22-11-17-36-18-12-22)27-4-2-25(39-27)24(1)38-26;/h1-20H;/q-3;+3. The van der Waals surface area contributed by atoms with Crippen molar-refractivity contribution in [3.05, 3.63) is 177 Å². The predicted molar refractivity (Wildman–Crippen MR) is 162 cm³/mol. The molecule has 194 valence electrons. The van der Waals surface area contributed by atoms with Crippen LogP contribution in [0.1, 0.15) is 28.1 Å². The Morgan fingerprint density at radius 3 is 1.50 bits per heavy atom. The molecular formula is C34H20GaN7. The summed E-state index contributed by atoms with van der Waals surface area (Å²) in [5.41, 5.74) is 11.3. The van der Waals surface area contributed by atoms with Crippen molar-refractivity contribution >= 4 is 39.4 Å². The van der Waals surface area contributed by atoms with E-state index >= 15 is 0 Å². The van der Waals surface area contributed by atoms with Crippen molar-refractivity contribution in [2.45, 2.75) is 0 Å². The molecule has 6 aromatic heterocycles. The van der Waals surface area contributed by atoms with Gasteiger partial charge in [-0.1, -0.05) is 0 Å². The first-order valence-electron chi connectivity index (χ1n) is 14.0. The van der Waals surface area contributed by atoms with Crippen molar-refractivity contribution in [3.63, 3.8) is 0 Å². The van der Waals surface area contributed by atoms with E-state index in [0.29, 0.717) is 0 Å². The molecule has 8 heteroatoms. The Balaban J connectivity index is 1.45.